The topological polar surface area (TPSA) is 51.8 Å². The van der Waals surface area contributed by atoms with Crippen molar-refractivity contribution in [3.63, 3.8) is 0 Å². The van der Waals surface area contributed by atoms with E-state index in [0.717, 1.165) is 25.0 Å². The average Bonchev–Trinajstić information content (AvgIpc) is 2.16. The summed E-state index contributed by atoms with van der Waals surface area (Å²) < 4.78 is 0. The van der Waals surface area contributed by atoms with Crippen LogP contribution >= 0.6 is 0 Å². The fourth-order valence-electron chi connectivity index (χ4n) is 2.17. The van der Waals surface area contributed by atoms with Crippen molar-refractivity contribution >= 4 is 0 Å². The molecule has 0 aliphatic heterocycles. The highest BCUT2D eigenvalue weighted by molar-refractivity contribution is 5.28. The minimum atomic E-state index is -0.181. The SMILES string of the molecule is CC(C)(N)Cc1ncnc2c1CCCC2. The Kier molecular flexibility index (Phi) is 2.74. The summed E-state index contributed by atoms with van der Waals surface area (Å²) in [5.41, 5.74) is 9.63. The fraction of sp³-hybridized carbons (Fsp3) is 0.667. The van der Waals surface area contributed by atoms with E-state index >= 15 is 0 Å². The number of aromatic nitrogens is 2. The van der Waals surface area contributed by atoms with Crippen molar-refractivity contribution in [2.45, 2.75) is 51.5 Å². The number of nitrogens with two attached hydrogens (primary N) is 1. The molecule has 0 bridgehead atoms. The molecule has 1 aliphatic carbocycles. The largest absolute Gasteiger partial charge is 0.325 e. The molecule has 0 saturated heterocycles. The summed E-state index contributed by atoms with van der Waals surface area (Å²) in [5, 5.41) is 0. The molecule has 0 fully saturated rings. The van der Waals surface area contributed by atoms with Crippen LogP contribution < -0.4 is 5.73 Å². The molecule has 0 aromatic carbocycles. The van der Waals surface area contributed by atoms with Gasteiger partial charge < -0.3 is 5.73 Å². The van der Waals surface area contributed by atoms with Crippen LogP contribution in [0.2, 0.25) is 0 Å². The van der Waals surface area contributed by atoms with E-state index < -0.39 is 0 Å². The first-order valence-corrected chi connectivity index (χ1v) is 5.67. The summed E-state index contributed by atoms with van der Waals surface area (Å²) in [4.78, 5) is 8.74. The van der Waals surface area contributed by atoms with Gasteiger partial charge in [0.05, 0.1) is 0 Å². The molecule has 2 N–H and O–H groups in total. The highest BCUT2D eigenvalue weighted by atomic mass is 14.9. The standard InChI is InChI=1S/C12H19N3/c1-12(2,13)7-11-9-5-3-4-6-10(9)14-8-15-11/h8H,3-7,13H2,1-2H3. The van der Waals surface area contributed by atoms with Gasteiger partial charge >= 0.3 is 0 Å². The Morgan fingerprint density at radius 3 is 2.73 bits per heavy atom. The Labute approximate surface area is 91.1 Å². The van der Waals surface area contributed by atoms with Gasteiger partial charge in [0.15, 0.2) is 0 Å². The van der Waals surface area contributed by atoms with E-state index in [-0.39, 0.29) is 5.54 Å². The lowest BCUT2D eigenvalue weighted by molar-refractivity contribution is 0.502. The highest BCUT2D eigenvalue weighted by Crippen LogP contribution is 2.23. The Balaban J connectivity index is 2.31. The Bertz CT molecular complexity index is 352. The van der Waals surface area contributed by atoms with E-state index in [4.69, 9.17) is 5.73 Å². The van der Waals surface area contributed by atoms with Gasteiger partial charge in [0.25, 0.3) is 0 Å². The predicted molar refractivity (Wildman–Crippen MR) is 60.6 cm³/mol. The molecule has 0 unspecified atom stereocenters. The number of aryl methyl sites for hydroxylation is 1. The van der Waals surface area contributed by atoms with Crippen LogP contribution in [0, 0.1) is 0 Å². The highest BCUT2D eigenvalue weighted by Gasteiger charge is 2.19. The first-order valence-electron chi connectivity index (χ1n) is 5.67. The van der Waals surface area contributed by atoms with Gasteiger partial charge in [0.2, 0.25) is 0 Å². The van der Waals surface area contributed by atoms with Gasteiger partial charge in [0, 0.05) is 23.3 Å². The Hall–Kier alpha value is -0.960. The maximum absolute atomic E-state index is 6.04. The zero-order chi connectivity index (χ0) is 10.9. The van der Waals surface area contributed by atoms with Gasteiger partial charge in [-0.15, -0.1) is 0 Å². The zero-order valence-corrected chi connectivity index (χ0v) is 9.58. The molecule has 2 rings (SSSR count). The lowest BCUT2D eigenvalue weighted by Gasteiger charge is -2.22. The van der Waals surface area contributed by atoms with Crippen LogP contribution in [0.1, 0.15) is 43.6 Å². The van der Waals surface area contributed by atoms with Crippen molar-refractivity contribution in [3.05, 3.63) is 23.3 Å². The number of nitrogens with zero attached hydrogens (tertiary/aromatic N) is 2. The van der Waals surface area contributed by atoms with Crippen molar-refractivity contribution in [3.8, 4) is 0 Å². The molecule has 1 aromatic rings. The molecule has 0 amide bonds. The van der Waals surface area contributed by atoms with Crippen LogP contribution in [0.4, 0.5) is 0 Å². The molecule has 3 nitrogen and oxygen atoms in total. The van der Waals surface area contributed by atoms with E-state index in [1.165, 1.54) is 24.1 Å². The first kappa shape index (κ1) is 10.6. The molecule has 82 valence electrons. The Morgan fingerprint density at radius 1 is 1.27 bits per heavy atom. The minimum absolute atomic E-state index is 0.181. The van der Waals surface area contributed by atoms with E-state index in [9.17, 15) is 0 Å². The van der Waals surface area contributed by atoms with Crippen LogP contribution in [0.5, 0.6) is 0 Å². The van der Waals surface area contributed by atoms with Crippen LogP contribution in [0.25, 0.3) is 0 Å². The van der Waals surface area contributed by atoms with E-state index in [2.05, 4.69) is 9.97 Å². The lowest BCUT2D eigenvalue weighted by atomic mass is 9.90. The van der Waals surface area contributed by atoms with Gasteiger partial charge in [-0.1, -0.05) is 0 Å². The number of fused-ring (bicyclic) bond motifs is 1. The molecular weight excluding hydrogens is 186 g/mol. The van der Waals surface area contributed by atoms with Crippen LogP contribution in [-0.4, -0.2) is 15.5 Å². The molecule has 0 radical (unpaired) electrons. The van der Waals surface area contributed by atoms with Gasteiger partial charge in [-0.2, -0.15) is 0 Å². The van der Waals surface area contributed by atoms with Gasteiger partial charge in [-0.3, -0.25) is 0 Å². The molecule has 0 saturated carbocycles. The maximum Gasteiger partial charge on any atom is 0.115 e. The van der Waals surface area contributed by atoms with Crippen LogP contribution in [0.15, 0.2) is 6.33 Å². The van der Waals surface area contributed by atoms with Crippen molar-refractivity contribution < 1.29 is 0 Å². The van der Waals surface area contributed by atoms with Crippen LogP contribution in [-0.2, 0) is 19.3 Å². The van der Waals surface area contributed by atoms with Crippen LogP contribution in [0.3, 0.4) is 0 Å². The first-order chi connectivity index (χ1) is 7.06. The van der Waals surface area contributed by atoms with Gasteiger partial charge in [0.1, 0.15) is 6.33 Å². The third-order valence-corrected chi connectivity index (χ3v) is 2.84. The lowest BCUT2D eigenvalue weighted by Crippen LogP contribution is -2.35. The molecule has 3 heteroatoms. The Morgan fingerprint density at radius 2 is 2.00 bits per heavy atom. The van der Waals surface area contributed by atoms with Crippen molar-refractivity contribution in [1.29, 1.82) is 0 Å². The molecule has 1 heterocycles. The average molecular weight is 205 g/mol. The van der Waals surface area contributed by atoms with E-state index in [1.807, 2.05) is 13.8 Å². The maximum atomic E-state index is 6.04. The number of rotatable bonds is 2. The summed E-state index contributed by atoms with van der Waals surface area (Å²) in [6.07, 6.45) is 7.29. The third kappa shape index (κ3) is 2.53. The van der Waals surface area contributed by atoms with E-state index in [1.54, 1.807) is 6.33 Å². The number of hydrogen-bond donors (Lipinski definition) is 1. The normalized spacial score (nSPS) is 16.2. The summed E-state index contributed by atoms with van der Waals surface area (Å²) in [6, 6.07) is 0. The molecular formula is C12H19N3. The molecule has 0 atom stereocenters. The van der Waals surface area contributed by atoms with Gasteiger partial charge in [-0.05, 0) is 45.1 Å². The monoisotopic (exact) mass is 205 g/mol. The molecule has 1 aliphatic rings. The van der Waals surface area contributed by atoms with Crippen molar-refractivity contribution in [2.75, 3.05) is 0 Å². The summed E-state index contributed by atoms with van der Waals surface area (Å²) in [6.45, 7) is 4.09. The molecule has 15 heavy (non-hydrogen) atoms. The second-order valence-corrected chi connectivity index (χ2v) is 5.12. The predicted octanol–water partition coefficient (Wildman–Crippen LogP) is 1.64. The molecule has 1 aromatic heterocycles. The second-order valence-electron chi connectivity index (χ2n) is 5.12. The van der Waals surface area contributed by atoms with Crippen molar-refractivity contribution in [2.24, 2.45) is 5.73 Å². The zero-order valence-electron chi connectivity index (χ0n) is 9.58. The third-order valence-electron chi connectivity index (χ3n) is 2.84. The minimum Gasteiger partial charge on any atom is -0.325 e. The summed E-state index contributed by atoms with van der Waals surface area (Å²) in [5.74, 6) is 0. The quantitative estimate of drug-likeness (QED) is 0.798. The smallest absolute Gasteiger partial charge is 0.115 e. The fourth-order valence-corrected chi connectivity index (χ4v) is 2.17. The van der Waals surface area contributed by atoms with Crippen molar-refractivity contribution in [1.82, 2.24) is 9.97 Å². The van der Waals surface area contributed by atoms with E-state index in [0.29, 0.717) is 0 Å². The summed E-state index contributed by atoms with van der Waals surface area (Å²) >= 11 is 0. The molecule has 0 spiro atoms. The van der Waals surface area contributed by atoms with Gasteiger partial charge in [-0.25, -0.2) is 9.97 Å². The summed E-state index contributed by atoms with van der Waals surface area (Å²) in [7, 11) is 0. The number of hydrogen-bond acceptors (Lipinski definition) is 3. The second kappa shape index (κ2) is 3.89.